The number of halogens is 1. The van der Waals surface area contributed by atoms with Gasteiger partial charge >= 0.3 is 0 Å². The third-order valence-electron chi connectivity index (χ3n) is 2.72. The van der Waals surface area contributed by atoms with Crippen LogP contribution in [0.5, 0.6) is 0 Å². The summed E-state index contributed by atoms with van der Waals surface area (Å²) in [6.07, 6.45) is 2.35. The summed E-state index contributed by atoms with van der Waals surface area (Å²) in [6.45, 7) is 2.05. The number of fused-ring (bicyclic) bond motifs is 1. The summed E-state index contributed by atoms with van der Waals surface area (Å²) in [5, 5.41) is -0.0555. The molecule has 0 amide bonds. The monoisotopic (exact) mass is 271 g/mol. The first-order chi connectivity index (χ1) is 8.04. The number of nitrogens with zero attached hydrogens (tertiary/aromatic N) is 1. The second kappa shape index (κ2) is 4.78. The Bertz CT molecular complexity index is 551. The maximum atomic E-state index is 11.8. The van der Waals surface area contributed by atoms with Crippen LogP contribution >= 0.6 is 11.6 Å². The van der Waals surface area contributed by atoms with Gasteiger partial charge in [0, 0.05) is 17.4 Å². The lowest BCUT2D eigenvalue weighted by Gasteiger charge is -2.07. The fourth-order valence-corrected chi connectivity index (χ4v) is 3.59. The van der Waals surface area contributed by atoms with E-state index >= 15 is 0 Å². The predicted molar refractivity (Wildman–Crippen MR) is 69.3 cm³/mol. The van der Waals surface area contributed by atoms with Gasteiger partial charge in [0.15, 0.2) is 0 Å². The van der Waals surface area contributed by atoms with Gasteiger partial charge < -0.3 is 0 Å². The van der Waals surface area contributed by atoms with Crippen LogP contribution in [0.1, 0.15) is 31.7 Å². The summed E-state index contributed by atoms with van der Waals surface area (Å²) in [5.41, 5.74) is 1.29. The van der Waals surface area contributed by atoms with Gasteiger partial charge in [-0.1, -0.05) is 31.5 Å². The Hall–Kier alpha value is -0.870. The molecule has 2 rings (SSSR count). The van der Waals surface area contributed by atoms with E-state index in [1.54, 1.807) is 18.2 Å². The lowest BCUT2D eigenvalue weighted by molar-refractivity contribution is 0.599. The number of rotatable bonds is 4. The van der Waals surface area contributed by atoms with Crippen molar-refractivity contribution in [2.75, 3.05) is 0 Å². The first-order valence-electron chi connectivity index (χ1n) is 5.62. The fraction of sp³-hybridized carbons (Fsp3) is 0.417. The van der Waals surface area contributed by atoms with Gasteiger partial charge in [0.2, 0.25) is 0 Å². The number of benzene rings is 1. The molecule has 1 unspecified atom stereocenters. The highest BCUT2D eigenvalue weighted by Gasteiger charge is 2.28. The largest absolute Gasteiger partial charge is 0.283 e. The van der Waals surface area contributed by atoms with Gasteiger partial charge in [-0.2, -0.15) is 12.8 Å². The van der Waals surface area contributed by atoms with Crippen LogP contribution in [0, 0.1) is 0 Å². The number of sulfonamides is 1. The van der Waals surface area contributed by atoms with Crippen molar-refractivity contribution in [1.82, 2.24) is 0 Å². The minimum Gasteiger partial charge on any atom is -0.199 e. The van der Waals surface area contributed by atoms with E-state index in [0.29, 0.717) is 22.6 Å². The molecule has 5 heteroatoms. The van der Waals surface area contributed by atoms with Crippen LogP contribution in [0.4, 0.5) is 0 Å². The van der Waals surface area contributed by atoms with Crippen LogP contribution < -0.4 is 0 Å². The van der Waals surface area contributed by atoms with Gasteiger partial charge in [0.25, 0.3) is 10.0 Å². The molecule has 0 N–H and O–H groups in total. The molecule has 0 saturated carbocycles. The summed E-state index contributed by atoms with van der Waals surface area (Å²) in [4.78, 5) is 0.301. The molecule has 1 aromatic rings. The normalized spacial score (nSPS) is 18.6. The van der Waals surface area contributed by atoms with Gasteiger partial charge in [-0.3, -0.25) is 0 Å². The van der Waals surface area contributed by atoms with Crippen LogP contribution in [-0.2, 0) is 10.0 Å². The average molecular weight is 272 g/mol. The molecule has 1 aliphatic rings. The Balaban J connectivity index is 2.32. The van der Waals surface area contributed by atoms with E-state index in [4.69, 9.17) is 11.6 Å². The second-order valence-corrected chi connectivity index (χ2v) is 6.29. The highest BCUT2D eigenvalue weighted by Crippen LogP contribution is 2.28. The maximum Gasteiger partial charge on any atom is 0.283 e. The molecule has 0 bridgehead atoms. The van der Waals surface area contributed by atoms with Crippen LogP contribution in [0.2, 0.25) is 0 Å². The topological polar surface area (TPSA) is 46.5 Å². The summed E-state index contributed by atoms with van der Waals surface area (Å²) in [7, 11) is -3.49. The highest BCUT2D eigenvalue weighted by molar-refractivity contribution is 7.90. The molecule has 0 radical (unpaired) electrons. The summed E-state index contributed by atoms with van der Waals surface area (Å²) >= 11 is 6.14. The molecule has 1 aliphatic heterocycles. The van der Waals surface area contributed by atoms with E-state index in [1.165, 1.54) is 0 Å². The standard InChI is InChI=1S/C12H14ClNO2S/c1-2-5-9(13)8-11-10-6-3-4-7-12(10)17(15,16)14-11/h3-4,6-7,9H,2,5,8H2,1H3. The lowest BCUT2D eigenvalue weighted by atomic mass is 10.0. The molecular formula is C12H14ClNO2S. The number of hydrogen-bond donors (Lipinski definition) is 0. The SMILES string of the molecule is CCCC(Cl)CC1=NS(=O)(=O)c2ccccc21. The first-order valence-corrected chi connectivity index (χ1v) is 7.49. The molecule has 0 aromatic heterocycles. The molecule has 0 fully saturated rings. The van der Waals surface area contributed by atoms with Crippen LogP contribution in [0.25, 0.3) is 0 Å². The summed E-state index contributed by atoms with van der Waals surface area (Å²) in [6, 6.07) is 6.90. The van der Waals surface area contributed by atoms with Crippen molar-refractivity contribution < 1.29 is 8.42 Å². The van der Waals surface area contributed by atoms with E-state index < -0.39 is 10.0 Å². The van der Waals surface area contributed by atoms with Crippen molar-refractivity contribution in [3.8, 4) is 0 Å². The number of alkyl halides is 1. The van der Waals surface area contributed by atoms with Crippen LogP contribution in [0.15, 0.2) is 33.6 Å². The van der Waals surface area contributed by atoms with Gasteiger partial charge in [0.05, 0.1) is 10.6 Å². The van der Waals surface area contributed by atoms with E-state index in [1.807, 2.05) is 6.07 Å². The minimum absolute atomic E-state index is 0.0555. The third kappa shape index (κ3) is 2.53. The van der Waals surface area contributed by atoms with E-state index in [2.05, 4.69) is 11.3 Å². The Kier molecular flexibility index (Phi) is 3.54. The van der Waals surface area contributed by atoms with Crippen molar-refractivity contribution in [2.24, 2.45) is 4.40 Å². The predicted octanol–water partition coefficient (Wildman–Crippen LogP) is 2.98. The van der Waals surface area contributed by atoms with Crippen molar-refractivity contribution in [2.45, 2.75) is 36.5 Å². The Morgan fingerprint density at radius 2 is 2.06 bits per heavy atom. The molecule has 1 heterocycles. The zero-order valence-electron chi connectivity index (χ0n) is 9.56. The van der Waals surface area contributed by atoms with Crippen molar-refractivity contribution in [3.63, 3.8) is 0 Å². The van der Waals surface area contributed by atoms with E-state index in [0.717, 1.165) is 12.8 Å². The van der Waals surface area contributed by atoms with Crippen LogP contribution in [-0.4, -0.2) is 19.5 Å². The Labute approximate surface area is 107 Å². The van der Waals surface area contributed by atoms with E-state index in [9.17, 15) is 8.42 Å². The van der Waals surface area contributed by atoms with Crippen molar-refractivity contribution in [1.29, 1.82) is 0 Å². The smallest absolute Gasteiger partial charge is 0.199 e. The Morgan fingerprint density at radius 1 is 1.35 bits per heavy atom. The summed E-state index contributed by atoms with van der Waals surface area (Å²) in [5.74, 6) is 0. The Morgan fingerprint density at radius 3 is 2.76 bits per heavy atom. The zero-order chi connectivity index (χ0) is 12.5. The molecule has 1 aromatic carbocycles. The minimum atomic E-state index is -3.49. The van der Waals surface area contributed by atoms with E-state index in [-0.39, 0.29) is 5.38 Å². The van der Waals surface area contributed by atoms with Gasteiger partial charge in [0.1, 0.15) is 0 Å². The fourth-order valence-electron chi connectivity index (χ4n) is 1.95. The van der Waals surface area contributed by atoms with Gasteiger partial charge in [-0.15, -0.1) is 11.6 Å². The van der Waals surface area contributed by atoms with Gasteiger partial charge in [-0.05, 0) is 12.5 Å². The van der Waals surface area contributed by atoms with Crippen molar-refractivity contribution >= 4 is 27.3 Å². The number of hydrogen-bond acceptors (Lipinski definition) is 2. The first kappa shape index (κ1) is 12.6. The second-order valence-electron chi connectivity index (χ2n) is 4.10. The molecule has 92 valence electrons. The molecule has 3 nitrogen and oxygen atoms in total. The van der Waals surface area contributed by atoms with Gasteiger partial charge in [-0.25, -0.2) is 0 Å². The highest BCUT2D eigenvalue weighted by atomic mass is 35.5. The lowest BCUT2D eigenvalue weighted by Crippen LogP contribution is -2.07. The van der Waals surface area contributed by atoms with Crippen LogP contribution in [0.3, 0.4) is 0 Å². The quantitative estimate of drug-likeness (QED) is 0.791. The molecule has 0 spiro atoms. The molecule has 0 aliphatic carbocycles. The average Bonchev–Trinajstić information content (AvgIpc) is 2.52. The molecule has 17 heavy (non-hydrogen) atoms. The summed E-state index contributed by atoms with van der Waals surface area (Å²) < 4.78 is 27.4. The molecule has 1 atom stereocenters. The maximum absolute atomic E-state index is 11.8. The zero-order valence-corrected chi connectivity index (χ0v) is 11.1. The third-order valence-corrected chi connectivity index (χ3v) is 4.47. The molecular weight excluding hydrogens is 258 g/mol. The van der Waals surface area contributed by atoms with Crippen molar-refractivity contribution in [3.05, 3.63) is 29.8 Å². The molecule has 0 saturated heterocycles.